The summed E-state index contributed by atoms with van der Waals surface area (Å²) in [5.41, 5.74) is 6.61. The number of aromatic nitrogens is 1. The molecular formula is C14H17N3OS2. The zero-order chi connectivity index (χ0) is 14.2. The summed E-state index contributed by atoms with van der Waals surface area (Å²) in [5.74, 6) is -0.0779. The van der Waals surface area contributed by atoms with E-state index in [4.69, 9.17) is 5.73 Å². The van der Waals surface area contributed by atoms with Gasteiger partial charge in [-0.1, -0.05) is 6.42 Å². The molecule has 3 rings (SSSR count). The van der Waals surface area contributed by atoms with Gasteiger partial charge in [0.15, 0.2) is 0 Å². The fourth-order valence-electron chi connectivity index (χ4n) is 2.47. The maximum atomic E-state index is 12.3. The first-order valence-corrected chi connectivity index (χ1v) is 8.66. The molecule has 0 spiro atoms. The molecule has 1 amide bonds. The molecule has 1 aliphatic rings. The van der Waals surface area contributed by atoms with Gasteiger partial charge in [0.1, 0.15) is 9.71 Å². The van der Waals surface area contributed by atoms with Crippen LogP contribution in [0.15, 0.2) is 18.3 Å². The van der Waals surface area contributed by atoms with Crippen molar-refractivity contribution in [3.8, 4) is 0 Å². The smallest absolute Gasteiger partial charge is 0.263 e. The molecule has 0 aromatic carbocycles. The molecular weight excluding hydrogens is 290 g/mol. The zero-order valence-corrected chi connectivity index (χ0v) is 12.9. The first kappa shape index (κ1) is 13.7. The van der Waals surface area contributed by atoms with Crippen LogP contribution in [-0.2, 0) is 0 Å². The fraction of sp³-hybridized carbons (Fsp3) is 0.429. The Morgan fingerprint density at radius 3 is 3.00 bits per heavy atom. The number of carbonyl (C=O) groups excluding carboxylic acids is 1. The van der Waals surface area contributed by atoms with E-state index in [0.29, 0.717) is 17.1 Å². The molecule has 0 aliphatic heterocycles. The Kier molecular flexibility index (Phi) is 3.60. The average Bonchev–Trinajstić information content (AvgIpc) is 2.76. The van der Waals surface area contributed by atoms with Crippen molar-refractivity contribution in [1.29, 1.82) is 0 Å². The van der Waals surface area contributed by atoms with E-state index in [1.54, 1.807) is 6.20 Å². The monoisotopic (exact) mass is 307 g/mol. The second-order valence-electron chi connectivity index (χ2n) is 5.12. The number of nitrogens with zero attached hydrogens (tertiary/aromatic N) is 1. The van der Waals surface area contributed by atoms with E-state index in [9.17, 15) is 4.79 Å². The van der Waals surface area contributed by atoms with Crippen LogP contribution < -0.4 is 11.1 Å². The van der Waals surface area contributed by atoms with Crippen LogP contribution >= 0.6 is 23.1 Å². The summed E-state index contributed by atoms with van der Waals surface area (Å²) in [6.07, 6.45) is 7.45. The van der Waals surface area contributed by atoms with Gasteiger partial charge in [-0.25, -0.2) is 4.98 Å². The second kappa shape index (κ2) is 5.26. The number of hydrogen-bond donors (Lipinski definition) is 2. The minimum absolute atomic E-state index is 0.0779. The third kappa shape index (κ3) is 2.27. The molecule has 1 aliphatic carbocycles. The largest absolute Gasteiger partial charge is 0.397 e. The van der Waals surface area contributed by atoms with Gasteiger partial charge in [0.2, 0.25) is 0 Å². The van der Waals surface area contributed by atoms with Crippen molar-refractivity contribution in [3.63, 3.8) is 0 Å². The molecule has 0 saturated heterocycles. The van der Waals surface area contributed by atoms with Gasteiger partial charge in [0, 0.05) is 22.9 Å². The van der Waals surface area contributed by atoms with E-state index in [1.807, 2.05) is 23.9 Å². The van der Waals surface area contributed by atoms with Gasteiger partial charge in [-0.3, -0.25) is 4.79 Å². The van der Waals surface area contributed by atoms with E-state index in [0.717, 1.165) is 10.2 Å². The van der Waals surface area contributed by atoms with Crippen LogP contribution in [0, 0.1) is 0 Å². The highest BCUT2D eigenvalue weighted by Gasteiger charge is 2.36. The van der Waals surface area contributed by atoms with Crippen molar-refractivity contribution >= 4 is 44.9 Å². The molecule has 0 unspecified atom stereocenters. The summed E-state index contributed by atoms with van der Waals surface area (Å²) in [5, 5.41) is 3.90. The maximum absolute atomic E-state index is 12.3. The SMILES string of the molecule is CSC1(CNC(=O)c2sc3ncccc3c2N)CCC1. The number of rotatable bonds is 4. The lowest BCUT2D eigenvalue weighted by atomic mass is 9.84. The third-order valence-electron chi connectivity index (χ3n) is 3.98. The first-order chi connectivity index (χ1) is 9.65. The van der Waals surface area contributed by atoms with E-state index in [2.05, 4.69) is 16.6 Å². The fourth-order valence-corrected chi connectivity index (χ4v) is 4.36. The minimum Gasteiger partial charge on any atom is -0.397 e. The maximum Gasteiger partial charge on any atom is 0.263 e. The number of amides is 1. The Labute approximate surface area is 126 Å². The summed E-state index contributed by atoms with van der Waals surface area (Å²) in [6.45, 7) is 0.716. The highest BCUT2D eigenvalue weighted by Crippen LogP contribution is 2.42. The van der Waals surface area contributed by atoms with Gasteiger partial charge in [0.25, 0.3) is 5.91 Å². The normalized spacial score (nSPS) is 16.9. The summed E-state index contributed by atoms with van der Waals surface area (Å²) in [6, 6.07) is 3.74. The molecule has 6 heteroatoms. The molecule has 106 valence electrons. The van der Waals surface area contributed by atoms with Crippen LogP contribution in [0.2, 0.25) is 0 Å². The van der Waals surface area contributed by atoms with Crippen LogP contribution in [0.4, 0.5) is 5.69 Å². The number of carbonyl (C=O) groups is 1. The van der Waals surface area contributed by atoms with Gasteiger partial charge < -0.3 is 11.1 Å². The molecule has 2 aromatic heterocycles. The molecule has 2 aromatic rings. The number of thioether (sulfide) groups is 1. The van der Waals surface area contributed by atoms with Crippen molar-refractivity contribution < 1.29 is 4.79 Å². The molecule has 0 bridgehead atoms. The zero-order valence-electron chi connectivity index (χ0n) is 11.3. The Bertz CT molecular complexity index is 643. The summed E-state index contributed by atoms with van der Waals surface area (Å²) >= 11 is 3.21. The Morgan fingerprint density at radius 2 is 2.40 bits per heavy atom. The number of thiophene rings is 1. The number of nitrogens with one attached hydrogen (secondary N) is 1. The quantitative estimate of drug-likeness (QED) is 0.911. The van der Waals surface area contributed by atoms with E-state index >= 15 is 0 Å². The molecule has 3 N–H and O–H groups in total. The summed E-state index contributed by atoms with van der Waals surface area (Å²) in [7, 11) is 0. The van der Waals surface area contributed by atoms with Gasteiger partial charge in [-0.15, -0.1) is 11.3 Å². The Balaban J connectivity index is 1.77. The van der Waals surface area contributed by atoms with E-state index in [1.165, 1.54) is 30.6 Å². The van der Waals surface area contributed by atoms with Crippen LogP contribution in [0.3, 0.4) is 0 Å². The number of pyridine rings is 1. The minimum atomic E-state index is -0.0779. The highest BCUT2D eigenvalue weighted by atomic mass is 32.2. The highest BCUT2D eigenvalue weighted by molar-refractivity contribution is 8.00. The topological polar surface area (TPSA) is 68.0 Å². The van der Waals surface area contributed by atoms with E-state index in [-0.39, 0.29) is 10.7 Å². The van der Waals surface area contributed by atoms with Crippen molar-refractivity contribution in [2.45, 2.75) is 24.0 Å². The predicted octanol–water partition coefficient (Wildman–Crippen LogP) is 2.89. The summed E-state index contributed by atoms with van der Waals surface area (Å²) in [4.78, 5) is 18.0. The van der Waals surface area contributed by atoms with Crippen LogP contribution in [0.25, 0.3) is 10.2 Å². The molecule has 0 radical (unpaired) electrons. The lowest BCUT2D eigenvalue weighted by molar-refractivity contribution is 0.0949. The average molecular weight is 307 g/mol. The van der Waals surface area contributed by atoms with Crippen LogP contribution in [0.5, 0.6) is 0 Å². The molecule has 0 atom stereocenters. The molecule has 1 saturated carbocycles. The number of hydrogen-bond acceptors (Lipinski definition) is 5. The molecule has 2 heterocycles. The third-order valence-corrected chi connectivity index (χ3v) is 6.53. The van der Waals surface area contributed by atoms with Crippen molar-refractivity contribution in [1.82, 2.24) is 10.3 Å². The first-order valence-electron chi connectivity index (χ1n) is 6.61. The van der Waals surface area contributed by atoms with Crippen LogP contribution in [-0.4, -0.2) is 28.4 Å². The second-order valence-corrected chi connectivity index (χ2v) is 7.40. The van der Waals surface area contributed by atoms with Crippen molar-refractivity contribution in [3.05, 3.63) is 23.2 Å². The standard InChI is InChI=1S/C14H17N3OS2/c1-19-14(5-3-6-14)8-17-12(18)11-10(15)9-4-2-7-16-13(9)20-11/h2,4,7H,3,5-6,8,15H2,1H3,(H,17,18). The Hall–Kier alpha value is -1.27. The predicted molar refractivity (Wildman–Crippen MR) is 86.5 cm³/mol. The Morgan fingerprint density at radius 1 is 1.60 bits per heavy atom. The number of fused-ring (bicyclic) bond motifs is 1. The van der Waals surface area contributed by atoms with Gasteiger partial charge in [-0.2, -0.15) is 11.8 Å². The van der Waals surface area contributed by atoms with E-state index < -0.39 is 0 Å². The number of anilines is 1. The van der Waals surface area contributed by atoms with Crippen molar-refractivity contribution in [2.24, 2.45) is 0 Å². The number of nitrogens with two attached hydrogens (primary N) is 1. The van der Waals surface area contributed by atoms with Gasteiger partial charge >= 0.3 is 0 Å². The van der Waals surface area contributed by atoms with Gasteiger partial charge in [-0.05, 0) is 31.2 Å². The molecule has 1 fully saturated rings. The van der Waals surface area contributed by atoms with Crippen molar-refractivity contribution in [2.75, 3.05) is 18.5 Å². The summed E-state index contributed by atoms with van der Waals surface area (Å²) < 4.78 is 0.235. The van der Waals surface area contributed by atoms with Gasteiger partial charge in [0.05, 0.1) is 5.69 Å². The number of nitrogen functional groups attached to an aromatic ring is 1. The lowest BCUT2D eigenvalue weighted by Gasteiger charge is -2.40. The molecule has 4 nitrogen and oxygen atoms in total. The lowest BCUT2D eigenvalue weighted by Crippen LogP contribution is -2.45. The van der Waals surface area contributed by atoms with Crippen LogP contribution in [0.1, 0.15) is 28.9 Å². The molecule has 20 heavy (non-hydrogen) atoms.